The van der Waals surface area contributed by atoms with Gasteiger partial charge in [0.1, 0.15) is 4.60 Å². The predicted octanol–water partition coefficient (Wildman–Crippen LogP) is 4.40. The summed E-state index contributed by atoms with van der Waals surface area (Å²) in [6.45, 7) is 11.8. The van der Waals surface area contributed by atoms with E-state index < -0.39 is 0 Å². The molecular formula is C16H25BrN2O. The number of nitrogens with zero attached hydrogens (tertiary/aromatic N) is 1. The minimum Gasteiger partial charge on any atom is -0.380 e. The number of anilines is 1. The first-order chi connectivity index (χ1) is 9.30. The molecule has 2 unspecified atom stereocenters. The van der Waals surface area contributed by atoms with Crippen molar-refractivity contribution in [1.82, 2.24) is 4.98 Å². The lowest BCUT2D eigenvalue weighted by Crippen LogP contribution is -2.58. The van der Waals surface area contributed by atoms with E-state index in [-0.39, 0.29) is 5.41 Å². The molecule has 0 amide bonds. The molecule has 0 spiro atoms. The highest BCUT2D eigenvalue weighted by Crippen LogP contribution is 2.44. The molecule has 1 N–H and O–H groups in total. The summed E-state index contributed by atoms with van der Waals surface area (Å²) in [7, 11) is 0. The summed E-state index contributed by atoms with van der Waals surface area (Å²) in [6, 6.07) is 2.58. The van der Waals surface area contributed by atoms with Gasteiger partial charge in [0.2, 0.25) is 0 Å². The number of hydrogen-bond donors (Lipinski definition) is 1. The Morgan fingerprint density at radius 2 is 2.20 bits per heavy atom. The highest BCUT2D eigenvalue weighted by Gasteiger charge is 2.49. The molecule has 0 aromatic carbocycles. The Kier molecular flexibility index (Phi) is 4.75. The Hall–Kier alpha value is -0.610. The van der Waals surface area contributed by atoms with Crippen LogP contribution >= 0.6 is 15.9 Å². The van der Waals surface area contributed by atoms with Gasteiger partial charge in [0, 0.05) is 18.1 Å². The van der Waals surface area contributed by atoms with Crippen molar-refractivity contribution in [2.45, 2.75) is 53.2 Å². The molecule has 4 heteroatoms. The van der Waals surface area contributed by atoms with Crippen molar-refractivity contribution in [3.63, 3.8) is 0 Å². The zero-order valence-corrected chi connectivity index (χ0v) is 14.6. The fourth-order valence-corrected chi connectivity index (χ4v) is 2.78. The van der Waals surface area contributed by atoms with E-state index in [9.17, 15) is 0 Å². The molecule has 0 radical (unpaired) electrons. The zero-order chi connectivity index (χ0) is 14.9. The van der Waals surface area contributed by atoms with E-state index in [0.717, 1.165) is 28.9 Å². The SMILES string of the molecule is Cc1cc(NC2CC(OCC(C)C)C2(C)C)cnc1Br. The van der Waals surface area contributed by atoms with Crippen molar-refractivity contribution < 1.29 is 4.74 Å². The predicted molar refractivity (Wildman–Crippen MR) is 87.1 cm³/mol. The van der Waals surface area contributed by atoms with E-state index in [0.29, 0.717) is 18.1 Å². The number of rotatable bonds is 5. The first-order valence-corrected chi connectivity index (χ1v) is 8.10. The third-order valence-corrected chi connectivity index (χ3v) is 4.99. The number of aromatic nitrogens is 1. The van der Waals surface area contributed by atoms with Crippen LogP contribution in [0.15, 0.2) is 16.9 Å². The van der Waals surface area contributed by atoms with Gasteiger partial charge in [-0.05, 0) is 46.8 Å². The Labute approximate surface area is 130 Å². The fourth-order valence-electron chi connectivity index (χ4n) is 2.56. The van der Waals surface area contributed by atoms with Crippen LogP contribution in [0.2, 0.25) is 0 Å². The molecule has 2 atom stereocenters. The first-order valence-electron chi connectivity index (χ1n) is 7.31. The van der Waals surface area contributed by atoms with E-state index >= 15 is 0 Å². The topological polar surface area (TPSA) is 34.1 Å². The third-order valence-electron chi connectivity index (χ3n) is 4.16. The standard InChI is InChI=1S/C16H25BrN2O/c1-10(2)9-20-14-7-13(16(14,4)5)19-12-6-11(3)15(17)18-8-12/h6,8,10,13-14,19H,7,9H2,1-5H3. The summed E-state index contributed by atoms with van der Waals surface area (Å²) in [5.74, 6) is 0.594. The van der Waals surface area contributed by atoms with Gasteiger partial charge in [0.05, 0.1) is 18.0 Å². The van der Waals surface area contributed by atoms with E-state index in [4.69, 9.17) is 4.74 Å². The van der Waals surface area contributed by atoms with Gasteiger partial charge in [-0.2, -0.15) is 0 Å². The molecule has 0 bridgehead atoms. The van der Waals surface area contributed by atoms with Gasteiger partial charge < -0.3 is 10.1 Å². The van der Waals surface area contributed by atoms with Crippen LogP contribution in [-0.2, 0) is 4.74 Å². The average Bonchev–Trinajstić information content (AvgIpc) is 2.36. The Balaban J connectivity index is 1.93. The minimum atomic E-state index is 0.163. The largest absolute Gasteiger partial charge is 0.380 e. The van der Waals surface area contributed by atoms with Crippen LogP contribution in [0.5, 0.6) is 0 Å². The summed E-state index contributed by atoms with van der Waals surface area (Å²) in [4.78, 5) is 4.34. The molecule has 112 valence electrons. The molecule has 1 saturated carbocycles. The fraction of sp³-hybridized carbons (Fsp3) is 0.688. The summed E-state index contributed by atoms with van der Waals surface area (Å²) in [5, 5.41) is 3.59. The van der Waals surface area contributed by atoms with Crippen molar-refractivity contribution >= 4 is 21.6 Å². The van der Waals surface area contributed by atoms with Crippen LogP contribution in [-0.4, -0.2) is 23.7 Å². The maximum atomic E-state index is 6.00. The maximum absolute atomic E-state index is 6.00. The second kappa shape index (κ2) is 6.02. The molecule has 1 aliphatic carbocycles. The lowest BCUT2D eigenvalue weighted by Gasteiger charge is -2.52. The average molecular weight is 341 g/mol. The molecule has 0 aliphatic heterocycles. The van der Waals surface area contributed by atoms with Crippen molar-refractivity contribution in [3.8, 4) is 0 Å². The summed E-state index contributed by atoms with van der Waals surface area (Å²) >= 11 is 3.43. The number of pyridine rings is 1. The Morgan fingerprint density at radius 1 is 1.50 bits per heavy atom. The van der Waals surface area contributed by atoms with E-state index in [2.05, 4.69) is 66.9 Å². The monoisotopic (exact) mass is 340 g/mol. The van der Waals surface area contributed by atoms with Gasteiger partial charge in [-0.15, -0.1) is 0 Å². The first kappa shape index (κ1) is 15.8. The normalized spacial score (nSPS) is 24.6. The molecule has 1 fully saturated rings. The smallest absolute Gasteiger partial charge is 0.109 e. The van der Waals surface area contributed by atoms with Crippen molar-refractivity contribution in [1.29, 1.82) is 0 Å². The van der Waals surface area contributed by atoms with Crippen LogP contribution < -0.4 is 5.32 Å². The number of halogens is 1. The molecule has 0 saturated heterocycles. The second-order valence-electron chi connectivity index (χ2n) is 6.80. The molecule has 1 aromatic heterocycles. The summed E-state index contributed by atoms with van der Waals surface area (Å²) in [6.07, 6.45) is 3.30. The maximum Gasteiger partial charge on any atom is 0.109 e. The quantitative estimate of drug-likeness (QED) is 0.806. The number of aryl methyl sites for hydroxylation is 1. The van der Waals surface area contributed by atoms with Crippen molar-refractivity contribution in [3.05, 3.63) is 22.4 Å². The molecule has 2 rings (SSSR count). The van der Waals surface area contributed by atoms with Crippen LogP contribution in [0.4, 0.5) is 5.69 Å². The van der Waals surface area contributed by atoms with E-state index in [1.807, 2.05) is 6.20 Å². The van der Waals surface area contributed by atoms with Gasteiger partial charge in [-0.25, -0.2) is 4.98 Å². The van der Waals surface area contributed by atoms with Crippen LogP contribution in [0.1, 0.15) is 39.7 Å². The summed E-state index contributed by atoms with van der Waals surface area (Å²) < 4.78 is 6.91. The van der Waals surface area contributed by atoms with E-state index in [1.165, 1.54) is 0 Å². The van der Waals surface area contributed by atoms with Gasteiger partial charge >= 0.3 is 0 Å². The molecule has 20 heavy (non-hydrogen) atoms. The molecule has 1 aliphatic rings. The van der Waals surface area contributed by atoms with Crippen LogP contribution in [0, 0.1) is 18.3 Å². The Morgan fingerprint density at radius 3 is 2.75 bits per heavy atom. The lowest BCUT2D eigenvalue weighted by atomic mass is 9.64. The number of nitrogens with one attached hydrogen (secondary N) is 1. The second-order valence-corrected chi connectivity index (χ2v) is 7.55. The van der Waals surface area contributed by atoms with Crippen molar-refractivity contribution in [2.75, 3.05) is 11.9 Å². The highest BCUT2D eigenvalue weighted by atomic mass is 79.9. The van der Waals surface area contributed by atoms with Crippen LogP contribution in [0.25, 0.3) is 0 Å². The van der Waals surface area contributed by atoms with Crippen molar-refractivity contribution in [2.24, 2.45) is 11.3 Å². The molecule has 1 heterocycles. The third kappa shape index (κ3) is 3.34. The highest BCUT2D eigenvalue weighted by molar-refractivity contribution is 9.10. The van der Waals surface area contributed by atoms with Crippen LogP contribution in [0.3, 0.4) is 0 Å². The minimum absolute atomic E-state index is 0.163. The van der Waals surface area contributed by atoms with E-state index in [1.54, 1.807) is 0 Å². The number of hydrogen-bond acceptors (Lipinski definition) is 3. The molecule has 3 nitrogen and oxygen atoms in total. The van der Waals surface area contributed by atoms with Gasteiger partial charge in [-0.1, -0.05) is 27.7 Å². The lowest BCUT2D eigenvalue weighted by molar-refractivity contribution is -0.108. The van der Waals surface area contributed by atoms with Gasteiger partial charge in [0.25, 0.3) is 0 Å². The molecule has 1 aromatic rings. The number of ether oxygens (including phenoxy) is 1. The summed E-state index contributed by atoms with van der Waals surface area (Å²) in [5.41, 5.74) is 2.40. The molecular weight excluding hydrogens is 316 g/mol. The van der Waals surface area contributed by atoms with Gasteiger partial charge in [0.15, 0.2) is 0 Å². The zero-order valence-electron chi connectivity index (χ0n) is 13.0. The Bertz CT molecular complexity index is 474. The van der Waals surface area contributed by atoms with Gasteiger partial charge in [-0.3, -0.25) is 0 Å².